The number of halogens is 1. The summed E-state index contributed by atoms with van der Waals surface area (Å²) in [6.45, 7) is 1.84. The zero-order chi connectivity index (χ0) is 15.5. The summed E-state index contributed by atoms with van der Waals surface area (Å²) < 4.78 is 18.5. The number of hydrogen-bond donors (Lipinski definition) is 1. The van der Waals surface area contributed by atoms with Crippen molar-refractivity contribution < 1.29 is 9.13 Å². The fourth-order valence-electron chi connectivity index (χ4n) is 2.18. The normalized spacial score (nSPS) is 10.5. The van der Waals surface area contributed by atoms with Crippen molar-refractivity contribution in [3.8, 4) is 22.8 Å². The molecule has 0 bridgehead atoms. The molecule has 0 unspecified atom stereocenters. The Labute approximate surface area is 127 Å². The second-order valence-corrected chi connectivity index (χ2v) is 4.99. The van der Waals surface area contributed by atoms with Gasteiger partial charge in [0, 0.05) is 23.5 Å². The van der Waals surface area contributed by atoms with E-state index >= 15 is 0 Å². The van der Waals surface area contributed by atoms with Gasteiger partial charge >= 0.3 is 0 Å². The standard InChI is InChI=1S/C18H14FNO2/c1-12-10-15(21)11-18(20-12)13-2-6-16(7-3-13)22-17-8-4-14(19)5-9-17/h2-11H,1H3,(H,20,21). The maximum absolute atomic E-state index is 12.8. The molecule has 0 radical (unpaired) electrons. The predicted molar refractivity (Wildman–Crippen MR) is 83.7 cm³/mol. The Balaban J connectivity index is 1.83. The van der Waals surface area contributed by atoms with Gasteiger partial charge in [0.2, 0.25) is 0 Å². The van der Waals surface area contributed by atoms with Gasteiger partial charge in [-0.3, -0.25) is 4.79 Å². The molecule has 0 aliphatic carbocycles. The quantitative estimate of drug-likeness (QED) is 0.783. The van der Waals surface area contributed by atoms with Gasteiger partial charge in [-0.15, -0.1) is 0 Å². The highest BCUT2D eigenvalue weighted by Crippen LogP contribution is 2.24. The smallest absolute Gasteiger partial charge is 0.182 e. The van der Waals surface area contributed by atoms with Crippen LogP contribution in [-0.2, 0) is 0 Å². The van der Waals surface area contributed by atoms with E-state index in [0.29, 0.717) is 11.5 Å². The molecule has 3 nitrogen and oxygen atoms in total. The van der Waals surface area contributed by atoms with E-state index in [1.165, 1.54) is 12.1 Å². The molecule has 0 fully saturated rings. The summed E-state index contributed by atoms with van der Waals surface area (Å²) in [5, 5.41) is 0. The number of hydrogen-bond acceptors (Lipinski definition) is 2. The molecule has 0 spiro atoms. The molecule has 0 atom stereocenters. The van der Waals surface area contributed by atoms with Gasteiger partial charge in [-0.05, 0) is 61.0 Å². The van der Waals surface area contributed by atoms with Gasteiger partial charge in [0.15, 0.2) is 5.43 Å². The van der Waals surface area contributed by atoms with E-state index in [0.717, 1.165) is 17.0 Å². The van der Waals surface area contributed by atoms with E-state index in [1.54, 1.807) is 36.4 Å². The Bertz CT molecular complexity index is 836. The van der Waals surface area contributed by atoms with E-state index in [2.05, 4.69) is 4.98 Å². The maximum Gasteiger partial charge on any atom is 0.182 e. The molecule has 1 aromatic heterocycles. The SMILES string of the molecule is Cc1cc(=O)cc(-c2ccc(Oc3ccc(F)cc3)cc2)[nH]1. The van der Waals surface area contributed by atoms with Crippen molar-refractivity contribution in [3.05, 3.63) is 82.4 Å². The first kappa shape index (κ1) is 14.1. The first-order valence-corrected chi connectivity index (χ1v) is 6.85. The lowest BCUT2D eigenvalue weighted by atomic mass is 10.1. The molecule has 1 N–H and O–H groups in total. The monoisotopic (exact) mass is 295 g/mol. The molecule has 0 amide bonds. The Morgan fingerprint density at radius 1 is 0.909 bits per heavy atom. The topological polar surface area (TPSA) is 42.1 Å². The molecular weight excluding hydrogens is 281 g/mol. The van der Waals surface area contributed by atoms with Crippen molar-refractivity contribution in [1.29, 1.82) is 0 Å². The van der Waals surface area contributed by atoms with E-state index in [-0.39, 0.29) is 11.2 Å². The minimum atomic E-state index is -0.300. The molecule has 1 heterocycles. The molecule has 110 valence electrons. The Hall–Kier alpha value is -2.88. The van der Waals surface area contributed by atoms with Gasteiger partial charge < -0.3 is 9.72 Å². The first-order chi connectivity index (χ1) is 10.6. The van der Waals surface area contributed by atoms with Crippen LogP contribution in [0.2, 0.25) is 0 Å². The zero-order valence-electron chi connectivity index (χ0n) is 12.0. The number of benzene rings is 2. The molecule has 0 saturated heterocycles. The van der Waals surface area contributed by atoms with Gasteiger partial charge in [0.1, 0.15) is 17.3 Å². The minimum absolute atomic E-state index is 0.0297. The number of ether oxygens (including phenoxy) is 1. The highest BCUT2D eigenvalue weighted by atomic mass is 19.1. The van der Waals surface area contributed by atoms with Crippen LogP contribution < -0.4 is 10.2 Å². The fraction of sp³-hybridized carbons (Fsp3) is 0.0556. The van der Waals surface area contributed by atoms with Crippen molar-refractivity contribution in [2.75, 3.05) is 0 Å². The maximum atomic E-state index is 12.8. The van der Waals surface area contributed by atoms with Crippen LogP contribution in [0.15, 0.2) is 65.5 Å². The average Bonchev–Trinajstić information content (AvgIpc) is 2.49. The summed E-state index contributed by atoms with van der Waals surface area (Å²) in [7, 11) is 0. The number of nitrogens with one attached hydrogen (secondary N) is 1. The van der Waals surface area contributed by atoms with Gasteiger partial charge in [-0.25, -0.2) is 4.39 Å². The molecule has 0 aliphatic rings. The van der Waals surface area contributed by atoms with Crippen molar-refractivity contribution in [3.63, 3.8) is 0 Å². The highest BCUT2D eigenvalue weighted by molar-refractivity contribution is 5.60. The Morgan fingerprint density at radius 3 is 2.09 bits per heavy atom. The molecule has 0 saturated carbocycles. The van der Waals surface area contributed by atoms with Crippen LogP contribution in [0.5, 0.6) is 11.5 Å². The van der Waals surface area contributed by atoms with Crippen molar-refractivity contribution >= 4 is 0 Å². The van der Waals surface area contributed by atoms with Crippen LogP contribution in [0.4, 0.5) is 4.39 Å². The summed E-state index contributed by atoms with van der Waals surface area (Å²) in [5.74, 6) is 0.912. The third-order valence-corrected chi connectivity index (χ3v) is 3.19. The minimum Gasteiger partial charge on any atom is -0.457 e. The summed E-state index contributed by atoms with van der Waals surface area (Å²) in [5.41, 5.74) is 2.44. The lowest BCUT2D eigenvalue weighted by molar-refractivity contribution is 0.480. The molecule has 3 aromatic rings. The summed E-state index contributed by atoms with van der Waals surface area (Å²) in [6.07, 6.45) is 0. The number of aryl methyl sites for hydroxylation is 1. The number of aromatic nitrogens is 1. The molecule has 2 aromatic carbocycles. The predicted octanol–water partition coefficient (Wildman–Crippen LogP) is 4.28. The van der Waals surface area contributed by atoms with Gasteiger partial charge in [0.05, 0.1) is 0 Å². The third kappa shape index (κ3) is 3.23. The zero-order valence-corrected chi connectivity index (χ0v) is 12.0. The second-order valence-electron chi connectivity index (χ2n) is 4.99. The van der Waals surface area contributed by atoms with E-state index in [9.17, 15) is 9.18 Å². The van der Waals surface area contributed by atoms with Crippen LogP contribution in [0.25, 0.3) is 11.3 Å². The van der Waals surface area contributed by atoms with Crippen LogP contribution in [0, 0.1) is 12.7 Å². The van der Waals surface area contributed by atoms with E-state index in [4.69, 9.17) is 4.74 Å². The molecule has 0 aliphatic heterocycles. The van der Waals surface area contributed by atoms with E-state index < -0.39 is 0 Å². The van der Waals surface area contributed by atoms with Crippen LogP contribution in [-0.4, -0.2) is 4.98 Å². The molecule has 22 heavy (non-hydrogen) atoms. The molecule has 4 heteroatoms. The molecular formula is C18H14FNO2. The number of aromatic amines is 1. The van der Waals surface area contributed by atoms with Crippen molar-refractivity contribution in [1.82, 2.24) is 4.98 Å². The highest BCUT2D eigenvalue weighted by Gasteiger charge is 2.02. The third-order valence-electron chi connectivity index (χ3n) is 3.19. The Kier molecular flexibility index (Phi) is 3.74. The first-order valence-electron chi connectivity index (χ1n) is 6.85. The number of rotatable bonds is 3. The van der Waals surface area contributed by atoms with Gasteiger partial charge in [0.25, 0.3) is 0 Å². The largest absolute Gasteiger partial charge is 0.457 e. The number of H-pyrrole nitrogens is 1. The second kappa shape index (κ2) is 5.85. The summed E-state index contributed by atoms with van der Waals surface area (Å²) >= 11 is 0. The van der Waals surface area contributed by atoms with Crippen LogP contribution >= 0.6 is 0 Å². The Morgan fingerprint density at radius 2 is 1.50 bits per heavy atom. The summed E-state index contributed by atoms with van der Waals surface area (Å²) in [4.78, 5) is 14.7. The fourth-order valence-corrected chi connectivity index (χ4v) is 2.18. The lowest BCUT2D eigenvalue weighted by Gasteiger charge is -2.07. The lowest BCUT2D eigenvalue weighted by Crippen LogP contribution is -2.01. The van der Waals surface area contributed by atoms with Gasteiger partial charge in [-0.1, -0.05) is 0 Å². The van der Waals surface area contributed by atoms with E-state index in [1.807, 2.05) is 19.1 Å². The van der Waals surface area contributed by atoms with Crippen molar-refractivity contribution in [2.24, 2.45) is 0 Å². The van der Waals surface area contributed by atoms with Gasteiger partial charge in [-0.2, -0.15) is 0 Å². The van der Waals surface area contributed by atoms with Crippen LogP contribution in [0.1, 0.15) is 5.69 Å². The molecule has 3 rings (SSSR count). The average molecular weight is 295 g/mol. The number of pyridine rings is 1. The van der Waals surface area contributed by atoms with Crippen LogP contribution in [0.3, 0.4) is 0 Å². The van der Waals surface area contributed by atoms with Crippen molar-refractivity contribution in [2.45, 2.75) is 6.92 Å². The summed E-state index contributed by atoms with van der Waals surface area (Å²) in [6, 6.07) is 16.3.